The van der Waals surface area contributed by atoms with Gasteiger partial charge in [-0.25, -0.2) is 0 Å². The van der Waals surface area contributed by atoms with Gasteiger partial charge in [0.1, 0.15) is 0 Å². The molecule has 3 heteroatoms. The Labute approximate surface area is 79.3 Å². The van der Waals surface area contributed by atoms with E-state index in [1.165, 1.54) is 12.8 Å². The zero-order valence-corrected chi connectivity index (χ0v) is 8.25. The minimum absolute atomic E-state index is 0.149. The molecule has 0 atom stereocenters. The zero-order valence-electron chi connectivity index (χ0n) is 8.25. The van der Waals surface area contributed by atoms with Crippen LogP contribution in [0.1, 0.15) is 25.7 Å². The maximum absolute atomic E-state index is 11.9. The standard InChI is InChI=1S/C10H18N2O/c1-12(6-8-2-3-8)9(13)10(7-11)4-5-10/h8H,2-7,11H2,1H3. The summed E-state index contributed by atoms with van der Waals surface area (Å²) < 4.78 is 0. The van der Waals surface area contributed by atoms with E-state index in [4.69, 9.17) is 5.73 Å². The highest BCUT2D eigenvalue weighted by molar-refractivity contribution is 5.85. The molecule has 2 aliphatic rings. The highest BCUT2D eigenvalue weighted by atomic mass is 16.2. The molecule has 0 bridgehead atoms. The summed E-state index contributed by atoms with van der Waals surface area (Å²) in [4.78, 5) is 13.8. The van der Waals surface area contributed by atoms with Gasteiger partial charge >= 0.3 is 0 Å². The lowest BCUT2D eigenvalue weighted by atomic mass is 10.1. The van der Waals surface area contributed by atoms with Gasteiger partial charge in [0.2, 0.25) is 5.91 Å². The van der Waals surface area contributed by atoms with Gasteiger partial charge in [0.25, 0.3) is 0 Å². The summed E-state index contributed by atoms with van der Waals surface area (Å²) in [6, 6.07) is 0. The maximum Gasteiger partial charge on any atom is 0.229 e. The van der Waals surface area contributed by atoms with Crippen LogP contribution in [-0.4, -0.2) is 30.9 Å². The van der Waals surface area contributed by atoms with Crippen molar-refractivity contribution >= 4 is 5.91 Å². The molecule has 74 valence electrons. The van der Waals surface area contributed by atoms with Crippen molar-refractivity contribution in [3.8, 4) is 0 Å². The summed E-state index contributed by atoms with van der Waals surface area (Å²) in [6.07, 6.45) is 4.59. The minimum Gasteiger partial charge on any atom is -0.345 e. The van der Waals surface area contributed by atoms with Crippen molar-refractivity contribution in [2.45, 2.75) is 25.7 Å². The predicted molar refractivity (Wildman–Crippen MR) is 51.1 cm³/mol. The molecule has 0 saturated heterocycles. The summed E-state index contributed by atoms with van der Waals surface area (Å²) in [5, 5.41) is 0. The summed E-state index contributed by atoms with van der Waals surface area (Å²) in [6.45, 7) is 1.47. The van der Waals surface area contributed by atoms with E-state index < -0.39 is 0 Å². The largest absolute Gasteiger partial charge is 0.345 e. The fourth-order valence-corrected chi connectivity index (χ4v) is 1.83. The molecule has 2 aliphatic carbocycles. The van der Waals surface area contributed by atoms with Crippen LogP contribution >= 0.6 is 0 Å². The smallest absolute Gasteiger partial charge is 0.229 e. The number of carbonyl (C=O) groups is 1. The van der Waals surface area contributed by atoms with Crippen molar-refractivity contribution in [3.05, 3.63) is 0 Å². The van der Waals surface area contributed by atoms with Gasteiger partial charge in [-0.2, -0.15) is 0 Å². The molecule has 2 fully saturated rings. The molecular weight excluding hydrogens is 164 g/mol. The van der Waals surface area contributed by atoms with E-state index >= 15 is 0 Å². The van der Waals surface area contributed by atoms with E-state index in [0.717, 1.165) is 25.3 Å². The second kappa shape index (κ2) is 2.98. The van der Waals surface area contributed by atoms with Gasteiger partial charge < -0.3 is 10.6 Å². The lowest BCUT2D eigenvalue weighted by molar-refractivity contribution is -0.135. The molecule has 0 spiro atoms. The van der Waals surface area contributed by atoms with Crippen LogP contribution in [0.5, 0.6) is 0 Å². The average molecular weight is 182 g/mol. The van der Waals surface area contributed by atoms with E-state index in [2.05, 4.69) is 0 Å². The molecular formula is C10H18N2O. The van der Waals surface area contributed by atoms with Crippen LogP contribution in [0.15, 0.2) is 0 Å². The lowest BCUT2D eigenvalue weighted by Gasteiger charge is -2.22. The monoisotopic (exact) mass is 182 g/mol. The third-order valence-electron chi connectivity index (χ3n) is 3.27. The molecule has 2 rings (SSSR count). The van der Waals surface area contributed by atoms with Crippen LogP contribution in [-0.2, 0) is 4.79 Å². The fourth-order valence-electron chi connectivity index (χ4n) is 1.83. The van der Waals surface area contributed by atoms with E-state index in [1.54, 1.807) is 0 Å². The normalized spacial score (nSPS) is 24.2. The van der Waals surface area contributed by atoms with Crippen molar-refractivity contribution in [3.63, 3.8) is 0 Å². The van der Waals surface area contributed by atoms with Gasteiger partial charge in [0.15, 0.2) is 0 Å². The van der Waals surface area contributed by atoms with Gasteiger partial charge in [-0.05, 0) is 31.6 Å². The Morgan fingerprint density at radius 3 is 2.54 bits per heavy atom. The first-order valence-corrected chi connectivity index (χ1v) is 5.13. The van der Waals surface area contributed by atoms with Gasteiger partial charge in [-0.15, -0.1) is 0 Å². The van der Waals surface area contributed by atoms with Gasteiger partial charge in [0.05, 0.1) is 5.41 Å². The van der Waals surface area contributed by atoms with Crippen LogP contribution in [0.4, 0.5) is 0 Å². The fraction of sp³-hybridized carbons (Fsp3) is 0.900. The Morgan fingerprint density at radius 2 is 2.15 bits per heavy atom. The summed E-state index contributed by atoms with van der Waals surface area (Å²) in [5.74, 6) is 1.06. The average Bonchev–Trinajstić information content (AvgIpc) is 2.98. The molecule has 0 heterocycles. The predicted octanol–water partition coefficient (Wildman–Crippen LogP) is 0.594. The number of nitrogens with zero attached hydrogens (tertiary/aromatic N) is 1. The van der Waals surface area contributed by atoms with Crippen LogP contribution < -0.4 is 5.73 Å². The van der Waals surface area contributed by atoms with Crippen molar-refractivity contribution < 1.29 is 4.79 Å². The van der Waals surface area contributed by atoms with E-state index in [1.807, 2.05) is 11.9 Å². The first-order chi connectivity index (χ1) is 6.18. The van der Waals surface area contributed by atoms with Gasteiger partial charge in [-0.1, -0.05) is 0 Å². The molecule has 0 aliphatic heterocycles. The SMILES string of the molecule is CN(CC1CC1)C(=O)C1(CN)CC1. The van der Waals surface area contributed by atoms with Crippen molar-refractivity contribution in [2.75, 3.05) is 20.1 Å². The quantitative estimate of drug-likeness (QED) is 0.692. The summed E-state index contributed by atoms with van der Waals surface area (Å²) >= 11 is 0. The Hall–Kier alpha value is -0.570. The maximum atomic E-state index is 11.9. The third-order valence-corrected chi connectivity index (χ3v) is 3.27. The molecule has 0 unspecified atom stereocenters. The lowest BCUT2D eigenvalue weighted by Crippen LogP contribution is -2.39. The van der Waals surface area contributed by atoms with E-state index in [9.17, 15) is 4.79 Å². The number of hydrogen-bond donors (Lipinski definition) is 1. The Kier molecular flexibility index (Phi) is 2.06. The highest BCUT2D eigenvalue weighted by Gasteiger charge is 2.50. The number of amides is 1. The van der Waals surface area contributed by atoms with Crippen LogP contribution in [0.25, 0.3) is 0 Å². The van der Waals surface area contributed by atoms with E-state index in [0.29, 0.717) is 6.54 Å². The Morgan fingerprint density at radius 1 is 1.54 bits per heavy atom. The molecule has 2 saturated carbocycles. The second-order valence-corrected chi connectivity index (χ2v) is 4.61. The first-order valence-electron chi connectivity index (χ1n) is 5.13. The third kappa shape index (κ3) is 1.70. The van der Waals surface area contributed by atoms with Gasteiger partial charge in [-0.3, -0.25) is 4.79 Å². The Balaban J connectivity index is 1.87. The Bertz CT molecular complexity index is 219. The van der Waals surface area contributed by atoms with Crippen molar-refractivity contribution in [2.24, 2.45) is 17.1 Å². The number of nitrogens with two attached hydrogens (primary N) is 1. The number of rotatable bonds is 4. The van der Waals surface area contributed by atoms with Crippen molar-refractivity contribution in [1.82, 2.24) is 4.90 Å². The van der Waals surface area contributed by atoms with Crippen LogP contribution in [0.3, 0.4) is 0 Å². The van der Waals surface area contributed by atoms with Crippen LogP contribution in [0, 0.1) is 11.3 Å². The number of hydrogen-bond acceptors (Lipinski definition) is 2. The van der Waals surface area contributed by atoms with E-state index in [-0.39, 0.29) is 11.3 Å². The highest BCUT2D eigenvalue weighted by Crippen LogP contribution is 2.46. The summed E-state index contributed by atoms with van der Waals surface area (Å²) in [7, 11) is 1.91. The minimum atomic E-state index is -0.149. The van der Waals surface area contributed by atoms with Crippen molar-refractivity contribution in [1.29, 1.82) is 0 Å². The molecule has 13 heavy (non-hydrogen) atoms. The molecule has 0 radical (unpaired) electrons. The molecule has 0 aromatic rings. The number of carbonyl (C=O) groups excluding carboxylic acids is 1. The first kappa shape index (κ1) is 9.00. The topological polar surface area (TPSA) is 46.3 Å². The van der Waals surface area contributed by atoms with Crippen LogP contribution in [0.2, 0.25) is 0 Å². The molecule has 3 nitrogen and oxygen atoms in total. The molecule has 1 amide bonds. The molecule has 2 N–H and O–H groups in total. The van der Waals surface area contributed by atoms with Gasteiger partial charge in [0, 0.05) is 20.1 Å². The zero-order chi connectivity index (χ0) is 9.47. The molecule has 0 aromatic heterocycles. The molecule has 0 aromatic carbocycles. The second-order valence-electron chi connectivity index (χ2n) is 4.61. The summed E-state index contributed by atoms with van der Waals surface area (Å²) in [5.41, 5.74) is 5.46.